The Morgan fingerprint density at radius 2 is 1.16 bits per heavy atom. The minimum atomic E-state index is -1.84. The predicted molar refractivity (Wildman–Crippen MR) is 322 cm³/mol. The Bertz CT molecular complexity index is 2650. The number of aliphatic imine (C=N–C) groups is 1. The fourth-order valence-electron chi connectivity index (χ4n) is 9.36. The van der Waals surface area contributed by atoms with Gasteiger partial charge in [-0.25, -0.2) is 4.79 Å². The smallest absolute Gasteiger partial charge is 0.329 e. The highest BCUT2D eigenvalue weighted by Crippen LogP contribution is 2.17. The molecule has 11 amide bonds. The molecule has 88 heavy (non-hydrogen) atoms. The molecule has 0 aromatic heterocycles. The van der Waals surface area contributed by atoms with Crippen LogP contribution in [0.5, 0.6) is 0 Å². The second kappa shape index (κ2) is 36.2. The van der Waals surface area contributed by atoms with Crippen molar-refractivity contribution in [2.45, 2.75) is 186 Å². The maximum absolute atomic E-state index is 14.4. The van der Waals surface area contributed by atoms with Gasteiger partial charge in [0.25, 0.3) is 0 Å². The van der Waals surface area contributed by atoms with Crippen molar-refractivity contribution in [1.82, 2.24) is 63.8 Å². The number of nitrogens with zero attached hydrogens (tertiary/aromatic N) is 1. The first-order valence-corrected chi connectivity index (χ1v) is 29.7. The predicted octanol–water partition coefficient (Wildman–Crippen LogP) is -4.48. The number of primary amides is 1. The number of benzene rings is 1. The molecule has 30 nitrogen and oxygen atoms in total. The van der Waals surface area contributed by atoms with Crippen LogP contribution in [-0.2, 0) is 68.7 Å². The first-order chi connectivity index (χ1) is 41.6. The molecule has 0 aliphatic carbocycles. The van der Waals surface area contributed by atoms with Crippen LogP contribution in [0.2, 0.25) is 0 Å². The number of amides is 11. The van der Waals surface area contributed by atoms with Gasteiger partial charge >= 0.3 is 5.97 Å². The number of nitrogens with one attached hydrogen (secondary N) is 12. The van der Waals surface area contributed by atoms with Crippen LogP contribution in [-0.4, -0.2) is 193 Å². The number of hydrogen-bond donors (Lipinski definition) is 16. The summed E-state index contributed by atoms with van der Waals surface area (Å²) in [6.45, 7) is 16.1. The Kier molecular flexibility index (Phi) is 30.4. The summed E-state index contributed by atoms with van der Waals surface area (Å²) >= 11 is 0. The molecule has 3 rings (SSSR count). The van der Waals surface area contributed by atoms with Crippen molar-refractivity contribution in [1.29, 1.82) is 0 Å². The summed E-state index contributed by atoms with van der Waals surface area (Å²) in [5, 5.41) is 52.1. The number of cyclic esters (lactones) is 1. The standard InChI is InChI=1S/C58H93N15O15/c1-12-28(5)42(70-49(79)37(61-11)23-34-19-17-16-18-20-34)53(83)67-39(26-74)51(81)65-36(21-22-41(59)76)48(78)69-44(30(7)14-3)55(85)71-43(29(6)13-2)54(84)68-40(27-75)52(82)73-46-33(10)88-57(87)45(31(8)15-4)72-50(80)38(24-35-25-62-58(60)64-35)66-47(77)32(9)63-56(46)86/h15-20,28-33,35-40,42-46,61,74-75H,4,12-14,21-27H2,1-3,5-11H3,(H2,59,76)(H,63,86)(H,65,81)(H,66,77)(H,67,83)(H,68,84)(H,69,78)(H,70,79)(H,71,85)(H,72,80)(H,73,82)(H3,60,62,64)/t28-,29-,30-,31-,32-,33-,35-,36+,37+,38-,39-,40-,42-,43-,44+,45-,46+/m0/s1. The molecule has 18 N–H and O–H groups in total. The average molecular weight is 1240 g/mol. The fourth-order valence-corrected chi connectivity index (χ4v) is 9.36. The van der Waals surface area contributed by atoms with E-state index in [2.05, 4.69) is 75.4 Å². The van der Waals surface area contributed by atoms with Crippen LogP contribution in [0.1, 0.15) is 106 Å². The van der Waals surface area contributed by atoms with Gasteiger partial charge in [-0.3, -0.25) is 57.7 Å². The van der Waals surface area contributed by atoms with E-state index in [9.17, 15) is 67.7 Å². The van der Waals surface area contributed by atoms with Crippen LogP contribution in [0.4, 0.5) is 0 Å². The molecule has 1 fully saturated rings. The zero-order valence-electron chi connectivity index (χ0n) is 51.9. The van der Waals surface area contributed by atoms with E-state index in [1.54, 1.807) is 55.5 Å². The van der Waals surface area contributed by atoms with Crippen LogP contribution in [0.3, 0.4) is 0 Å². The number of guanidine groups is 1. The number of hydrogen-bond acceptors (Lipinski definition) is 19. The maximum Gasteiger partial charge on any atom is 0.329 e. The van der Waals surface area contributed by atoms with E-state index in [1.807, 2.05) is 30.3 Å². The van der Waals surface area contributed by atoms with Crippen molar-refractivity contribution in [3.63, 3.8) is 0 Å². The van der Waals surface area contributed by atoms with Gasteiger partial charge in [-0.1, -0.05) is 104 Å². The molecular formula is C58H93N15O15. The Morgan fingerprint density at radius 3 is 1.64 bits per heavy atom. The summed E-state index contributed by atoms with van der Waals surface area (Å²) < 4.78 is 5.68. The minimum absolute atomic E-state index is 0.0362. The number of nitrogens with two attached hydrogens (primary N) is 2. The number of ether oxygens (including phenoxy) is 1. The normalized spacial score (nSPS) is 22.7. The van der Waals surface area contributed by atoms with E-state index in [-0.39, 0.29) is 31.8 Å². The summed E-state index contributed by atoms with van der Waals surface area (Å²) in [4.78, 5) is 170. The molecule has 0 radical (unpaired) electrons. The molecule has 2 heterocycles. The molecule has 0 bridgehead atoms. The lowest BCUT2D eigenvalue weighted by Gasteiger charge is -2.31. The van der Waals surface area contributed by atoms with Gasteiger partial charge in [0.15, 0.2) is 5.96 Å². The summed E-state index contributed by atoms with van der Waals surface area (Å²) in [6.07, 6.45) is 0.160. The molecule has 30 heteroatoms. The third-order valence-electron chi connectivity index (χ3n) is 15.8. The van der Waals surface area contributed by atoms with Crippen LogP contribution in [0, 0.1) is 23.7 Å². The van der Waals surface area contributed by atoms with Gasteiger partial charge in [0.2, 0.25) is 65.0 Å². The second-order valence-electron chi connectivity index (χ2n) is 22.5. The van der Waals surface area contributed by atoms with E-state index in [0.29, 0.717) is 12.8 Å². The van der Waals surface area contributed by atoms with Crippen LogP contribution >= 0.6 is 0 Å². The SMILES string of the molecule is C=C[C@H](C)[C@@H]1NC(=O)[C@H](C[C@H]2CN=C(N)N2)NC(=O)[C@H](C)NC(=O)[C@H](NC(=O)[C@H](CO)NC(=O)[C@@H](NC(=O)[C@H](NC(=O)[C@@H](CCC(N)=O)NC(=O)[C@H](CO)NC(=O)[C@@H](NC(=O)[C@@H](Cc2ccccc2)NC)[C@@H](C)CC)[C@@H](C)CC)[C@@H](C)CC)[C@H](C)OC1=O. The van der Waals surface area contributed by atoms with Crippen molar-refractivity contribution in [3.8, 4) is 0 Å². The summed E-state index contributed by atoms with van der Waals surface area (Å²) in [7, 11) is 1.59. The van der Waals surface area contributed by atoms with Gasteiger partial charge in [0.05, 0.1) is 31.8 Å². The van der Waals surface area contributed by atoms with Gasteiger partial charge in [0.1, 0.15) is 66.5 Å². The molecule has 2 aliphatic heterocycles. The van der Waals surface area contributed by atoms with Gasteiger partial charge in [-0.2, -0.15) is 0 Å². The number of carbonyl (C=O) groups is 12. The highest BCUT2D eigenvalue weighted by Gasteiger charge is 2.41. The molecule has 0 unspecified atom stereocenters. The zero-order valence-corrected chi connectivity index (χ0v) is 51.9. The van der Waals surface area contributed by atoms with Crippen molar-refractivity contribution in [2.24, 2.45) is 40.1 Å². The van der Waals surface area contributed by atoms with Crippen LogP contribution in [0.25, 0.3) is 0 Å². The molecule has 1 aromatic rings. The Hall–Kier alpha value is -8.25. The monoisotopic (exact) mass is 1240 g/mol. The van der Waals surface area contributed by atoms with Crippen molar-refractivity contribution >= 4 is 76.9 Å². The van der Waals surface area contributed by atoms with E-state index in [0.717, 1.165) is 5.56 Å². The highest BCUT2D eigenvalue weighted by atomic mass is 16.5. The number of likely N-dealkylation sites (N-methyl/N-ethyl adjacent to an activating group) is 1. The number of esters is 1. The lowest BCUT2D eigenvalue weighted by atomic mass is 9.94. The Labute approximate surface area is 513 Å². The van der Waals surface area contributed by atoms with Gasteiger partial charge in [-0.15, -0.1) is 6.58 Å². The number of aliphatic hydroxyl groups is 2. The lowest BCUT2D eigenvalue weighted by Crippen LogP contribution is -2.63. The second-order valence-corrected chi connectivity index (χ2v) is 22.5. The number of carbonyl (C=O) groups excluding carboxylic acids is 12. The lowest BCUT2D eigenvalue weighted by molar-refractivity contribution is -0.157. The minimum Gasteiger partial charge on any atom is -0.458 e. The Balaban J connectivity index is 1.85. The number of rotatable bonds is 32. The summed E-state index contributed by atoms with van der Waals surface area (Å²) in [5.41, 5.74) is 12.1. The van der Waals surface area contributed by atoms with E-state index < -0.39 is 199 Å². The van der Waals surface area contributed by atoms with Crippen LogP contribution in [0.15, 0.2) is 48.0 Å². The third kappa shape index (κ3) is 22.2. The maximum atomic E-state index is 14.4. The molecule has 17 atom stereocenters. The topological polar surface area (TPSA) is 463 Å². The van der Waals surface area contributed by atoms with Gasteiger partial charge in [0, 0.05) is 12.3 Å². The van der Waals surface area contributed by atoms with Crippen molar-refractivity contribution < 1.29 is 72.5 Å². The Morgan fingerprint density at radius 1 is 0.670 bits per heavy atom. The van der Waals surface area contributed by atoms with Gasteiger partial charge in [-0.05, 0) is 63.5 Å². The first-order valence-electron chi connectivity index (χ1n) is 29.7. The molecule has 490 valence electrons. The largest absolute Gasteiger partial charge is 0.458 e. The quantitative estimate of drug-likeness (QED) is 0.0239. The first kappa shape index (κ1) is 74.0. The average Bonchev–Trinajstić information content (AvgIpc) is 4.08. The molecule has 0 saturated carbocycles. The summed E-state index contributed by atoms with van der Waals surface area (Å²) in [5.74, 6) is -13.5. The molecule has 1 aromatic carbocycles. The van der Waals surface area contributed by atoms with E-state index in [4.69, 9.17) is 16.2 Å². The van der Waals surface area contributed by atoms with E-state index in [1.165, 1.54) is 19.9 Å². The van der Waals surface area contributed by atoms with Gasteiger partial charge < -0.3 is 90.2 Å². The molecular weight excluding hydrogens is 1150 g/mol. The zero-order chi connectivity index (χ0) is 66.1. The van der Waals surface area contributed by atoms with E-state index >= 15 is 0 Å². The highest BCUT2D eigenvalue weighted by molar-refractivity contribution is 6.00. The molecule has 0 spiro atoms. The van der Waals surface area contributed by atoms with Crippen molar-refractivity contribution in [3.05, 3.63) is 48.6 Å². The number of aliphatic hydroxyl groups excluding tert-OH is 2. The molecule has 1 saturated heterocycles. The third-order valence-corrected chi connectivity index (χ3v) is 15.8. The molecule has 2 aliphatic rings. The summed E-state index contributed by atoms with van der Waals surface area (Å²) in [6, 6.07) is -7.11. The van der Waals surface area contributed by atoms with Crippen LogP contribution < -0.4 is 75.3 Å². The van der Waals surface area contributed by atoms with Crippen molar-refractivity contribution in [2.75, 3.05) is 26.8 Å². The fraction of sp³-hybridized carbons (Fsp3) is 0.638.